The van der Waals surface area contributed by atoms with Crippen LogP contribution in [0.3, 0.4) is 0 Å². The highest BCUT2D eigenvalue weighted by Gasteiger charge is 2.36. The van der Waals surface area contributed by atoms with Gasteiger partial charge in [0, 0.05) is 11.0 Å². The Morgan fingerprint density at radius 2 is 1.70 bits per heavy atom. The molecule has 1 aliphatic rings. The monoisotopic (exact) mass is 304 g/mol. The van der Waals surface area contributed by atoms with E-state index in [0.717, 1.165) is 18.2 Å². The summed E-state index contributed by atoms with van der Waals surface area (Å²) in [5.41, 5.74) is -2.71. The molecule has 1 heterocycles. The lowest BCUT2D eigenvalue weighted by Gasteiger charge is -2.13. The Hall–Kier alpha value is -2.09. The highest BCUT2D eigenvalue weighted by atomic mass is 32.2. The highest BCUT2D eigenvalue weighted by Crippen LogP contribution is 2.39. The largest absolute Gasteiger partial charge is 0.478 e. The van der Waals surface area contributed by atoms with E-state index in [0.29, 0.717) is 10.8 Å². The standard InChI is InChI=1S/C12H7F3O4S/c13-12(14,15)10-4-2-1-3-7(10)8-5-20(18,19)6-9(8)11(16)17/h1-6H,(H,16,17). The Morgan fingerprint density at radius 1 is 1.10 bits per heavy atom. The molecule has 0 radical (unpaired) electrons. The molecular formula is C12H7F3O4S. The molecule has 1 aliphatic heterocycles. The molecule has 0 bridgehead atoms. The zero-order valence-corrected chi connectivity index (χ0v) is 10.5. The SMILES string of the molecule is O=C(O)C1=CS(=O)(=O)C=C1c1ccccc1C(F)(F)F. The second-order valence-electron chi connectivity index (χ2n) is 4.00. The van der Waals surface area contributed by atoms with Crippen LogP contribution in [0.1, 0.15) is 11.1 Å². The molecule has 0 aliphatic carbocycles. The summed E-state index contributed by atoms with van der Waals surface area (Å²) < 4.78 is 61.4. The van der Waals surface area contributed by atoms with Gasteiger partial charge in [0.1, 0.15) is 0 Å². The van der Waals surface area contributed by atoms with Crippen molar-refractivity contribution in [2.75, 3.05) is 0 Å². The van der Waals surface area contributed by atoms with Crippen molar-refractivity contribution < 1.29 is 31.5 Å². The van der Waals surface area contributed by atoms with Gasteiger partial charge >= 0.3 is 12.1 Å². The molecule has 1 aromatic rings. The number of rotatable bonds is 2. The van der Waals surface area contributed by atoms with Crippen molar-refractivity contribution in [3.63, 3.8) is 0 Å². The maximum atomic E-state index is 12.9. The van der Waals surface area contributed by atoms with Crippen LogP contribution in [0.2, 0.25) is 0 Å². The maximum absolute atomic E-state index is 12.9. The molecule has 8 heteroatoms. The molecule has 106 valence electrons. The van der Waals surface area contributed by atoms with Crippen molar-refractivity contribution in [1.29, 1.82) is 0 Å². The van der Waals surface area contributed by atoms with Crippen molar-refractivity contribution in [3.05, 3.63) is 51.8 Å². The van der Waals surface area contributed by atoms with E-state index in [1.54, 1.807) is 0 Å². The first-order valence-electron chi connectivity index (χ1n) is 5.20. The normalized spacial score (nSPS) is 17.6. The van der Waals surface area contributed by atoms with Gasteiger partial charge in [0.05, 0.1) is 16.5 Å². The fourth-order valence-corrected chi connectivity index (χ4v) is 3.04. The van der Waals surface area contributed by atoms with E-state index in [4.69, 9.17) is 5.11 Å². The summed E-state index contributed by atoms with van der Waals surface area (Å²) in [6.07, 6.45) is -4.71. The van der Waals surface area contributed by atoms with Gasteiger partial charge in [-0.05, 0) is 11.6 Å². The Kier molecular flexibility index (Phi) is 3.21. The van der Waals surface area contributed by atoms with Crippen LogP contribution in [0.5, 0.6) is 0 Å². The first-order valence-corrected chi connectivity index (χ1v) is 6.81. The number of aliphatic carboxylic acids is 1. The van der Waals surface area contributed by atoms with Crippen molar-refractivity contribution in [2.45, 2.75) is 6.18 Å². The van der Waals surface area contributed by atoms with Gasteiger partial charge in [0.25, 0.3) is 0 Å². The van der Waals surface area contributed by atoms with Crippen LogP contribution in [0.4, 0.5) is 13.2 Å². The molecule has 0 saturated carbocycles. The quantitative estimate of drug-likeness (QED) is 0.911. The average Bonchev–Trinajstić information content (AvgIpc) is 2.64. The minimum absolute atomic E-state index is 0.442. The number of hydrogen-bond donors (Lipinski definition) is 1. The molecule has 0 saturated heterocycles. The van der Waals surface area contributed by atoms with Crippen molar-refractivity contribution >= 4 is 21.4 Å². The molecule has 20 heavy (non-hydrogen) atoms. The molecular weight excluding hydrogens is 297 g/mol. The average molecular weight is 304 g/mol. The van der Waals surface area contributed by atoms with E-state index in [1.165, 1.54) is 6.07 Å². The zero-order valence-electron chi connectivity index (χ0n) is 9.68. The van der Waals surface area contributed by atoms with Crippen LogP contribution < -0.4 is 0 Å². The van der Waals surface area contributed by atoms with E-state index < -0.39 is 44.3 Å². The Bertz CT molecular complexity index is 742. The van der Waals surface area contributed by atoms with E-state index >= 15 is 0 Å². The van der Waals surface area contributed by atoms with Crippen LogP contribution in [-0.4, -0.2) is 19.5 Å². The predicted molar refractivity (Wildman–Crippen MR) is 64.1 cm³/mol. The third kappa shape index (κ3) is 2.60. The van der Waals surface area contributed by atoms with Gasteiger partial charge in [-0.15, -0.1) is 0 Å². The predicted octanol–water partition coefficient (Wildman–Crippen LogP) is 2.44. The second kappa shape index (κ2) is 4.48. The van der Waals surface area contributed by atoms with Gasteiger partial charge in [0.15, 0.2) is 9.84 Å². The summed E-state index contributed by atoms with van der Waals surface area (Å²) in [4.78, 5) is 11.0. The molecule has 0 spiro atoms. The van der Waals surface area contributed by atoms with E-state index in [-0.39, 0.29) is 0 Å². The van der Waals surface area contributed by atoms with E-state index in [1.807, 2.05) is 0 Å². The summed E-state index contributed by atoms with van der Waals surface area (Å²) in [5.74, 6) is -1.60. The fraction of sp³-hybridized carbons (Fsp3) is 0.0833. The molecule has 0 aromatic heterocycles. The second-order valence-corrected chi connectivity index (χ2v) is 5.65. The Balaban J connectivity index is 2.70. The topological polar surface area (TPSA) is 71.4 Å². The van der Waals surface area contributed by atoms with Gasteiger partial charge in [0.2, 0.25) is 0 Å². The van der Waals surface area contributed by atoms with Crippen LogP contribution >= 0.6 is 0 Å². The van der Waals surface area contributed by atoms with Crippen LogP contribution in [0, 0.1) is 0 Å². The molecule has 4 nitrogen and oxygen atoms in total. The first-order chi connectivity index (χ1) is 9.12. The van der Waals surface area contributed by atoms with Crippen molar-refractivity contribution in [2.24, 2.45) is 0 Å². The smallest absolute Gasteiger partial charge is 0.417 e. The molecule has 1 N–H and O–H groups in total. The van der Waals surface area contributed by atoms with E-state index in [2.05, 4.69) is 0 Å². The third-order valence-electron chi connectivity index (χ3n) is 2.61. The molecule has 0 fully saturated rings. The number of carboxylic acids is 1. The van der Waals surface area contributed by atoms with Crippen LogP contribution in [0.25, 0.3) is 5.57 Å². The fourth-order valence-electron chi connectivity index (χ4n) is 1.83. The highest BCUT2D eigenvalue weighted by molar-refractivity contribution is 7.97. The summed E-state index contributed by atoms with van der Waals surface area (Å²) >= 11 is 0. The number of alkyl halides is 3. The first kappa shape index (κ1) is 14.3. The van der Waals surface area contributed by atoms with Gasteiger partial charge in [-0.25, -0.2) is 13.2 Å². The lowest BCUT2D eigenvalue weighted by molar-refractivity contribution is -0.138. The van der Waals surface area contributed by atoms with Gasteiger partial charge in [-0.3, -0.25) is 0 Å². The maximum Gasteiger partial charge on any atom is 0.417 e. The van der Waals surface area contributed by atoms with Crippen LogP contribution in [0.15, 0.2) is 40.7 Å². The zero-order chi connectivity index (χ0) is 15.1. The van der Waals surface area contributed by atoms with E-state index in [9.17, 15) is 26.4 Å². The third-order valence-corrected chi connectivity index (χ3v) is 3.74. The molecule has 1 aromatic carbocycles. The summed E-state index contributed by atoms with van der Waals surface area (Å²) in [7, 11) is -3.97. The van der Waals surface area contributed by atoms with Crippen molar-refractivity contribution in [1.82, 2.24) is 0 Å². The van der Waals surface area contributed by atoms with Crippen molar-refractivity contribution in [3.8, 4) is 0 Å². The van der Waals surface area contributed by atoms with Gasteiger partial charge in [-0.1, -0.05) is 18.2 Å². The minimum Gasteiger partial charge on any atom is -0.478 e. The number of carbonyl (C=O) groups is 1. The summed E-state index contributed by atoms with van der Waals surface area (Å²) in [6.45, 7) is 0. The lowest BCUT2D eigenvalue weighted by atomic mass is 9.95. The minimum atomic E-state index is -4.71. The summed E-state index contributed by atoms with van der Waals surface area (Å²) in [6, 6.07) is 4.21. The number of hydrogen-bond acceptors (Lipinski definition) is 3. The molecule has 2 rings (SSSR count). The van der Waals surface area contributed by atoms with Crippen LogP contribution in [-0.2, 0) is 20.8 Å². The number of benzene rings is 1. The number of sulfone groups is 1. The Labute approximate surface area is 111 Å². The molecule has 0 atom stereocenters. The lowest BCUT2D eigenvalue weighted by Crippen LogP contribution is -2.10. The van der Waals surface area contributed by atoms with Gasteiger partial charge < -0.3 is 5.11 Å². The Morgan fingerprint density at radius 3 is 2.25 bits per heavy atom. The molecule has 0 unspecified atom stereocenters. The summed E-state index contributed by atoms with van der Waals surface area (Å²) in [5, 5.41) is 9.89. The number of halogens is 3. The van der Waals surface area contributed by atoms with Gasteiger partial charge in [-0.2, -0.15) is 13.2 Å². The number of carboxylic acid groups (broad SMARTS) is 1. The molecule has 0 amide bonds.